The second-order valence-corrected chi connectivity index (χ2v) is 7.63. The normalized spacial score (nSPS) is 18.5. The zero-order valence-corrected chi connectivity index (χ0v) is 14.5. The molecule has 1 aromatic carbocycles. The summed E-state index contributed by atoms with van der Waals surface area (Å²) in [6.45, 7) is 3.33. The van der Waals surface area contributed by atoms with E-state index in [1.165, 1.54) is 0 Å². The van der Waals surface area contributed by atoms with Crippen LogP contribution in [0.2, 0.25) is 0 Å². The highest BCUT2D eigenvalue weighted by Crippen LogP contribution is 2.27. The van der Waals surface area contributed by atoms with E-state index in [0.717, 1.165) is 19.3 Å². The summed E-state index contributed by atoms with van der Waals surface area (Å²) < 4.78 is 35.1. The van der Waals surface area contributed by atoms with Crippen LogP contribution in [0.15, 0.2) is 30.6 Å². The number of ether oxygens (including phenoxy) is 1. The molecule has 0 amide bonds. The number of nitrogens with zero attached hydrogens (tertiary/aromatic N) is 3. The van der Waals surface area contributed by atoms with Gasteiger partial charge in [-0.05, 0) is 38.3 Å². The molecule has 1 atom stereocenters. The predicted molar refractivity (Wildman–Crippen MR) is 92.1 cm³/mol. The van der Waals surface area contributed by atoms with E-state index < -0.39 is 10.0 Å². The van der Waals surface area contributed by atoms with E-state index in [-0.39, 0.29) is 11.9 Å². The van der Waals surface area contributed by atoms with E-state index in [1.807, 2.05) is 23.6 Å². The molecule has 2 heterocycles. The number of sulfonamides is 1. The molecule has 130 valence electrons. The molecule has 8 heteroatoms. The summed E-state index contributed by atoms with van der Waals surface area (Å²) in [6.07, 6.45) is 4.20. The number of hydrogen-bond donors (Lipinski definition) is 1. The molecule has 0 aliphatic carbocycles. The first-order chi connectivity index (χ1) is 11.6. The Hall–Kier alpha value is -1.93. The van der Waals surface area contributed by atoms with Crippen LogP contribution in [-0.2, 0) is 21.3 Å². The molecular formula is C16H22N4O3S. The molecule has 3 rings (SSSR count). The molecule has 1 aliphatic heterocycles. The van der Waals surface area contributed by atoms with Crippen LogP contribution in [-0.4, -0.2) is 41.6 Å². The van der Waals surface area contributed by atoms with Gasteiger partial charge >= 0.3 is 0 Å². The van der Waals surface area contributed by atoms with Crippen LogP contribution in [0.4, 0.5) is 5.69 Å². The van der Waals surface area contributed by atoms with Gasteiger partial charge in [-0.1, -0.05) is 12.1 Å². The van der Waals surface area contributed by atoms with Crippen molar-refractivity contribution in [3.8, 4) is 11.4 Å². The lowest BCUT2D eigenvalue weighted by atomic mass is 10.1. The van der Waals surface area contributed by atoms with Gasteiger partial charge in [-0.2, -0.15) is 0 Å². The summed E-state index contributed by atoms with van der Waals surface area (Å²) in [5, 5.41) is 8.03. The highest BCUT2D eigenvalue weighted by molar-refractivity contribution is 7.92. The fourth-order valence-electron chi connectivity index (χ4n) is 2.85. The molecular weight excluding hydrogens is 328 g/mol. The smallest absolute Gasteiger partial charge is 0.235 e. The summed E-state index contributed by atoms with van der Waals surface area (Å²) in [5.74, 6) is 0.617. The average molecular weight is 350 g/mol. The summed E-state index contributed by atoms with van der Waals surface area (Å²) >= 11 is 0. The predicted octanol–water partition coefficient (Wildman–Crippen LogP) is 2.28. The lowest BCUT2D eigenvalue weighted by Crippen LogP contribution is -2.31. The Morgan fingerprint density at radius 1 is 1.33 bits per heavy atom. The van der Waals surface area contributed by atoms with Gasteiger partial charge in [-0.15, -0.1) is 10.2 Å². The Morgan fingerprint density at radius 2 is 2.17 bits per heavy atom. The van der Waals surface area contributed by atoms with Crippen LogP contribution in [0.1, 0.15) is 26.2 Å². The van der Waals surface area contributed by atoms with Crippen molar-refractivity contribution >= 4 is 15.7 Å². The molecule has 0 saturated carbocycles. The van der Waals surface area contributed by atoms with Crippen molar-refractivity contribution in [1.82, 2.24) is 14.8 Å². The Labute approximate surface area is 142 Å². The molecule has 1 fully saturated rings. The van der Waals surface area contributed by atoms with Crippen molar-refractivity contribution in [2.24, 2.45) is 0 Å². The van der Waals surface area contributed by atoms with Gasteiger partial charge in [0.15, 0.2) is 5.82 Å². The molecule has 0 radical (unpaired) electrons. The van der Waals surface area contributed by atoms with Crippen LogP contribution in [0, 0.1) is 0 Å². The van der Waals surface area contributed by atoms with Crippen LogP contribution in [0.25, 0.3) is 11.4 Å². The summed E-state index contributed by atoms with van der Waals surface area (Å²) in [6, 6.07) is 7.23. The maximum Gasteiger partial charge on any atom is 0.235 e. The number of nitrogens with one attached hydrogen (secondary N) is 1. The van der Waals surface area contributed by atoms with E-state index in [9.17, 15) is 8.42 Å². The third-order valence-corrected chi connectivity index (χ3v) is 5.41. The number of aryl methyl sites for hydroxylation is 1. The van der Waals surface area contributed by atoms with E-state index >= 15 is 0 Å². The topological polar surface area (TPSA) is 86.1 Å². The van der Waals surface area contributed by atoms with Gasteiger partial charge in [0.1, 0.15) is 6.33 Å². The Bertz CT molecular complexity index is 782. The van der Waals surface area contributed by atoms with E-state index in [1.54, 1.807) is 18.5 Å². The van der Waals surface area contributed by atoms with Gasteiger partial charge < -0.3 is 9.30 Å². The zero-order valence-electron chi connectivity index (χ0n) is 13.7. The minimum Gasteiger partial charge on any atom is -0.377 e. The zero-order chi connectivity index (χ0) is 17.0. The fraction of sp³-hybridized carbons (Fsp3) is 0.500. The standard InChI is InChI=1S/C16H22N4O3S/c1-2-20-12-17-18-16(20)14-8-3-4-9-15(14)19-24(21,22)11-13-7-5-6-10-23-13/h3-4,8-9,12-13,19H,2,5-7,10-11H2,1H3/t13-/m1/s1. The van der Waals surface area contributed by atoms with Crippen LogP contribution >= 0.6 is 0 Å². The largest absolute Gasteiger partial charge is 0.377 e. The average Bonchev–Trinajstić information content (AvgIpc) is 3.04. The molecule has 1 saturated heterocycles. The summed E-state index contributed by atoms with van der Waals surface area (Å²) in [7, 11) is -3.50. The van der Waals surface area contributed by atoms with Crippen molar-refractivity contribution in [1.29, 1.82) is 0 Å². The van der Waals surface area contributed by atoms with Crippen molar-refractivity contribution in [2.75, 3.05) is 17.1 Å². The van der Waals surface area contributed by atoms with Crippen LogP contribution < -0.4 is 4.72 Å². The number of rotatable bonds is 6. The highest BCUT2D eigenvalue weighted by atomic mass is 32.2. The Balaban J connectivity index is 1.82. The fourth-order valence-corrected chi connectivity index (χ4v) is 4.20. The second-order valence-electron chi connectivity index (χ2n) is 5.86. The Kier molecular flexibility index (Phi) is 5.15. The quantitative estimate of drug-likeness (QED) is 0.864. The molecule has 0 unspecified atom stereocenters. The van der Waals surface area contributed by atoms with E-state index in [2.05, 4.69) is 14.9 Å². The minimum absolute atomic E-state index is 0.0260. The summed E-state index contributed by atoms with van der Waals surface area (Å²) in [4.78, 5) is 0. The number of aromatic nitrogens is 3. The van der Waals surface area contributed by atoms with Gasteiger partial charge in [0.2, 0.25) is 10.0 Å². The van der Waals surface area contributed by atoms with Gasteiger partial charge in [0, 0.05) is 18.7 Å². The van der Waals surface area contributed by atoms with E-state index in [0.29, 0.717) is 30.2 Å². The number of anilines is 1. The third-order valence-electron chi connectivity index (χ3n) is 4.07. The van der Waals surface area contributed by atoms with Gasteiger partial charge in [-0.3, -0.25) is 4.72 Å². The molecule has 1 aromatic heterocycles. The molecule has 0 bridgehead atoms. The minimum atomic E-state index is -3.50. The maximum absolute atomic E-state index is 12.5. The monoisotopic (exact) mass is 350 g/mol. The molecule has 7 nitrogen and oxygen atoms in total. The van der Waals surface area contributed by atoms with Gasteiger partial charge in [0.25, 0.3) is 0 Å². The SMILES string of the molecule is CCn1cnnc1-c1ccccc1NS(=O)(=O)C[C@H]1CCCCO1. The lowest BCUT2D eigenvalue weighted by Gasteiger charge is -2.23. The van der Waals surface area contributed by atoms with E-state index in [4.69, 9.17) is 4.74 Å². The first-order valence-electron chi connectivity index (χ1n) is 8.18. The molecule has 1 aliphatic rings. The Morgan fingerprint density at radius 3 is 2.92 bits per heavy atom. The van der Waals surface area contributed by atoms with Crippen LogP contribution in [0.3, 0.4) is 0 Å². The number of benzene rings is 1. The second kappa shape index (κ2) is 7.31. The molecule has 2 aromatic rings. The molecule has 24 heavy (non-hydrogen) atoms. The van der Waals surface area contributed by atoms with Gasteiger partial charge in [-0.25, -0.2) is 8.42 Å². The molecule has 1 N–H and O–H groups in total. The van der Waals surface area contributed by atoms with Crippen molar-refractivity contribution < 1.29 is 13.2 Å². The highest BCUT2D eigenvalue weighted by Gasteiger charge is 2.23. The van der Waals surface area contributed by atoms with Gasteiger partial charge in [0.05, 0.1) is 17.5 Å². The first kappa shape index (κ1) is 16.9. The first-order valence-corrected chi connectivity index (χ1v) is 9.83. The summed E-state index contributed by atoms with van der Waals surface area (Å²) in [5.41, 5.74) is 1.22. The van der Waals surface area contributed by atoms with Crippen molar-refractivity contribution in [3.63, 3.8) is 0 Å². The third kappa shape index (κ3) is 3.93. The molecule has 0 spiro atoms. The van der Waals surface area contributed by atoms with Crippen LogP contribution in [0.5, 0.6) is 0 Å². The van der Waals surface area contributed by atoms with Crippen molar-refractivity contribution in [2.45, 2.75) is 38.8 Å². The van der Waals surface area contributed by atoms with Crippen molar-refractivity contribution in [3.05, 3.63) is 30.6 Å². The lowest BCUT2D eigenvalue weighted by molar-refractivity contribution is 0.0306. The number of hydrogen-bond acceptors (Lipinski definition) is 5. The maximum atomic E-state index is 12.5. The number of para-hydroxylation sites is 1.